The molecule has 0 unspecified atom stereocenters. The molecule has 0 spiro atoms. The summed E-state index contributed by atoms with van der Waals surface area (Å²) in [4.78, 5) is 17.6. The number of carbonyl (C=O) groups excluding carboxylic acids is 1. The minimum Gasteiger partial charge on any atom is -0.481 e. The molecule has 5 heteroatoms. The molecule has 0 saturated heterocycles. The number of methoxy groups -OCH3 is 1. The third kappa shape index (κ3) is 3.86. The van der Waals surface area contributed by atoms with Crippen LogP contribution in [0.15, 0.2) is 18.3 Å². The van der Waals surface area contributed by atoms with Crippen LogP contribution in [0.1, 0.15) is 10.4 Å². The topological polar surface area (TPSA) is 54.5 Å². The highest BCUT2D eigenvalue weighted by Gasteiger charge is 2.06. The average molecular weight is 223 g/mol. The van der Waals surface area contributed by atoms with Gasteiger partial charge < -0.3 is 15.0 Å². The molecule has 0 radical (unpaired) electrons. The van der Waals surface area contributed by atoms with E-state index in [0.29, 0.717) is 18.0 Å². The summed E-state index contributed by atoms with van der Waals surface area (Å²) in [5.41, 5.74) is 0.561. The lowest BCUT2D eigenvalue weighted by Gasteiger charge is -2.10. The number of carbonyl (C=O) groups is 1. The van der Waals surface area contributed by atoms with Gasteiger partial charge in [0, 0.05) is 30.9 Å². The fourth-order valence-corrected chi connectivity index (χ4v) is 1.16. The van der Waals surface area contributed by atoms with Crippen molar-refractivity contribution in [2.75, 3.05) is 34.3 Å². The molecular weight excluding hydrogens is 206 g/mol. The molecule has 1 rings (SSSR count). The quantitative estimate of drug-likeness (QED) is 0.784. The first-order valence-electron chi connectivity index (χ1n) is 5.06. The summed E-state index contributed by atoms with van der Waals surface area (Å²) >= 11 is 0. The number of hydrogen-bond donors (Lipinski definition) is 1. The van der Waals surface area contributed by atoms with E-state index in [2.05, 4.69) is 10.3 Å². The number of hydrogen-bond acceptors (Lipinski definition) is 4. The zero-order valence-electron chi connectivity index (χ0n) is 9.86. The van der Waals surface area contributed by atoms with Crippen molar-refractivity contribution in [3.05, 3.63) is 23.9 Å². The molecule has 16 heavy (non-hydrogen) atoms. The van der Waals surface area contributed by atoms with E-state index in [-0.39, 0.29) is 5.91 Å². The maximum Gasteiger partial charge on any atom is 0.251 e. The van der Waals surface area contributed by atoms with Crippen molar-refractivity contribution in [3.63, 3.8) is 0 Å². The molecule has 1 heterocycles. The van der Waals surface area contributed by atoms with Crippen LogP contribution < -0.4 is 10.1 Å². The first kappa shape index (κ1) is 12.4. The Bertz CT molecular complexity index is 353. The van der Waals surface area contributed by atoms with E-state index in [4.69, 9.17) is 4.74 Å². The van der Waals surface area contributed by atoms with Gasteiger partial charge in [-0.3, -0.25) is 4.79 Å². The van der Waals surface area contributed by atoms with Crippen LogP contribution in [0.2, 0.25) is 0 Å². The number of rotatable bonds is 5. The van der Waals surface area contributed by atoms with E-state index < -0.39 is 0 Å². The fourth-order valence-electron chi connectivity index (χ4n) is 1.16. The summed E-state index contributed by atoms with van der Waals surface area (Å²) < 4.78 is 4.95. The third-order valence-corrected chi connectivity index (χ3v) is 2.05. The molecule has 0 atom stereocenters. The van der Waals surface area contributed by atoms with Gasteiger partial charge in [-0.25, -0.2) is 4.98 Å². The van der Waals surface area contributed by atoms with Gasteiger partial charge in [0.05, 0.1) is 7.11 Å². The van der Waals surface area contributed by atoms with E-state index in [0.717, 1.165) is 6.54 Å². The molecule has 1 N–H and O–H groups in total. The van der Waals surface area contributed by atoms with E-state index in [9.17, 15) is 4.79 Å². The third-order valence-electron chi connectivity index (χ3n) is 2.05. The van der Waals surface area contributed by atoms with Gasteiger partial charge in [0.1, 0.15) is 0 Å². The maximum absolute atomic E-state index is 11.7. The van der Waals surface area contributed by atoms with Crippen molar-refractivity contribution in [2.24, 2.45) is 0 Å². The van der Waals surface area contributed by atoms with Crippen LogP contribution in [-0.4, -0.2) is 50.1 Å². The Hall–Kier alpha value is -1.62. The monoisotopic (exact) mass is 223 g/mol. The number of nitrogens with zero attached hydrogens (tertiary/aromatic N) is 2. The van der Waals surface area contributed by atoms with E-state index >= 15 is 0 Å². The summed E-state index contributed by atoms with van der Waals surface area (Å²) in [7, 11) is 5.44. The fraction of sp³-hybridized carbons (Fsp3) is 0.455. The van der Waals surface area contributed by atoms with E-state index in [1.54, 1.807) is 18.3 Å². The predicted molar refractivity (Wildman–Crippen MR) is 61.7 cm³/mol. The minimum atomic E-state index is -0.109. The number of amides is 1. The first-order chi connectivity index (χ1) is 7.63. The molecule has 0 aliphatic carbocycles. The largest absolute Gasteiger partial charge is 0.481 e. The first-order valence-corrected chi connectivity index (χ1v) is 5.06. The van der Waals surface area contributed by atoms with Gasteiger partial charge in [0.2, 0.25) is 5.88 Å². The molecule has 1 amide bonds. The second-order valence-corrected chi connectivity index (χ2v) is 3.65. The van der Waals surface area contributed by atoms with Crippen LogP contribution in [0, 0.1) is 0 Å². The Morgan fingerprint density at radius 1 is 1.56 bits per heavy atom. The van der Waals surface area contributed by atoms with Gasteiger partial charge in [-0.05, 0) is 20.2 Å². The molecule has 0 bridgehead atoms. The number of nitrogens with one attached hydrogen (secondary N) is 1. The van der Waals surface area contributed by atoms with Gasteiger partial charge in [-0.2, -0.15) is 0 Å². The van der Waals surface area contributed by atoms with Gasteiger partial charge in [0.25, 0.3) is 5.91 Å². The van der Waals surface area contributed by atoms with Crippen LogP contribution in [-0.2, 0) is 0 Å². The molecule has 1 aromatic heterocycles. The number of pyridine rings is 1. The lowest BCUT2D eigenvalue weighted by Crippen LogP contribution is -2.31. The Kier molecular flexibility index (Phi) is 4.72. The molecule has 1 aromatic rings. The summed E-state index contributed by atoms with van der Waals surface area (Å²) in [6.45, 7) is 1.43. The average Bonchev–Trinajstić information content (AvgIpc) is 2.28. The molecule has 0 fully saturated rings. The SMILES string of the molecule is COc1cc(C(=O)NCCN(C)C)ccn1. The lowest BCUT2D eigenvalue weighted by atomic mass is 10.2. The molecule has 88 valence electrons. The standard InChI is InChI=1S/C11H17N3O2/c1-14(2)7-6-13-11(15)9-4-5-12-10(8-9)16-3/h4-5,8H,6-7H2,1-3H3,(H,13,15). The smallest absolute Gasteiger partial charge is 0.251 e. The Morgan fingerprint density at radius 2 is 2.31 bits per heavy atom. The highest BCUT2D eigenvalue weighted by atomic mass is 16.5. The van der Waals surface area contributed by atoms with Crippen LogP contribution >= 0.6 is 0 Å². The lowest BCUT2D eigenvalue weighted by molar-refractivity contribution is 0.0950. The molecule has 0 saturated carbocycles. The van der Waals surface area contributed by atoms with Crippen molar-refractivity contribution in [2.45, 2.75) is 0 Å². The highest BCUT2D eigenvalue weighted by Crippen LogP contribution is 2.07. The van der Waals surface area contributed by atoms with Crippen molar-refractivity contribution >= 4 is 5.91 Å². The van der Waals surface area contributed by atoms with Crippen molar-refractivity contribution in [1.82, 2.24) is 15.2 Å². The van der Waals surface area contributed by atoms with E-state index in [1.807, 2.05) is 19.0 Å². The molecule has 0 aliphatic heterocycles. The van der Waals surface area contributed by atoms with Crippen LogP contribution in [0.5, 0.6) is 5.88 Å². The Labute approximate surface area is 95.4 Å². The molecular formula is C11H17N3O2. The normalized spacial score (nSPS) is 10.2. The van der Waals surface area contributed by atoms with Gasteiger partial charge in [-0.1, -0.05) is 0 Å². The predicted octanol–water partition coefficient (Wildman–Crippen LogP) is 0.382. The molecule has 0 aromatic carbocycles. The summed E-state index contributed by atoms with van der Waals surface area (Å²) in [6, 6.07) is 3.28. The second-order valence-electron chi connectivity index (χ2n) is 3.65. The Morgan fingerprint density at radius 3 is 2.94 bits per heavy atom. The number of aromatic nitrogens is 1. The summed E-state index contributed by atoms with van der Waals surface area (Å²) in [5.74, 6) is 0.336. The van der Waals surface area contributed by atoms with Gasteiger partial charge in [-0.15, -0.1) is 0 Å². The van der Waals surface area contributed by atoms with Crippen LogP contribution in [0.4, 0.5) is 0 Å². The molecule has 5 nitrogen and oxygen atoms in total. The molecule has 0 aliphatic rings. The van der Waals surface area contributed by atoms with Crippen molar-refractivity contribution in [3.8, 4) is 5.88 Å². The highest BCUT2D eigenvalue weighted by molar-refractivity contribution is 5.94. The summed E-state index contributed by atoms with van der Waals surface area (Å²) in [6.07, 6.45) is 1.56. The summed E-state index contributed by atoms with van der Waals surface area (Å²) in [5, 5.41) is 2.82. The Balaban J connectivity index is 2.52. The van der Waals surface area contributed by atoms with E-state index in [1.165, 1.54) is 7.11 Å². The van der Waals surface area contributed by atoms with Crippen LogP contribution in [0.3, 0.4) is 0 Å². The maximum atomic E-state index is 11.7. The van der Waals surface area contributed by atoms with Crippen molar-refractivity contribution < 1.29 is 9.53 Å². The number of ether oxygens (including phenoxy) is 1. The van der Waals surface area contributed by atoms with Gasteiger partial charge >= 0.3 is 0 Å². The minimum absolute atomic E-state index is 0.109. The van der Waals surface area contributed by atoms with Gasteiger partial charge in [0.15, 0.2) is 0 Å². The zero-order valence-corrected chi connectivity index (χ0v) is 9.86. The number of likely N-dealkylation sites (N-methyl/N-ethyl adjacent to an activating group) is 1. The van der Waals surface area contributed by atoms with Crippen molar-refractivity contribution in [1.29, 1.82) is 0 Å². The van der Waals surface area contributed by atoms with Crippen LogP contribution in [0.25, 0.3) is 0 Å². The second kappa shape index (κ2) is 6.07. The zero-order chi connectivity index (χ0) is 12.0.